The third-order valence-electron chi connectivity index (χ3n) is 5.20. The molecule has 2 aliphatic rings. The summed E-state index contributed by atoms with van der Waals surface area (Å²) in [5, 5.41) is 14.1. The molecule has 3 heterocycles. The second-order valence-corrected chi connectivity index (χ2v) is 7.99. The molecule has 3 N–H and O–H groups in total. The van der Waals surface area contributed by atoms with Crippen molar-refractivity contribution in [3.05, 3.63) is 23.0 Å². The fraction of sp³-hybridized carbons (Fsp3) is 0.647. The molecule has 140 valence electrons. The lowest BCUT2D eigenvalue weighted by atomic mass is 9.92. The van der Waals surface area contributed by atoms with Crippen molar-refractivity contribution in [2.24, 2.45) is 5.73 Å². The molecular weight excluding hydrogens is 350 g/mol. The Kier molecular flexibility index (Phi) is 5.16. The zero-order valence-electron chi connectivity index (χ0n) is 14.8. The van der Waals surface area contributed by atoms with E-state index in [1.54, 1.807) is 17.5 Å². The lowest BCUT2D eigenvalue weighted by molar-refractivity contribution is 0.0945. The highest BCUT2D eigenvalue weighted by atomic mass is 32.1. The van der Waals surface area contributed by atoms with Crippen LogP contribution in [0.4, 0.5) is 5.13 Å². The predicted molar refractivity (Wildman–Crippen MR) is 100 cm³/mol. The maximum absolute atomic E-state index is 12.3. The molecule has 0 atom stereocenters. The van der Waals surface area contributed by atoms with Crippen molar-refractivity contribution in [1.29, 1.82) is 0 Å². The lowest BCUT2D eigenvalue weighted by Crippen LogP contribution is -2.28. The number of aromatic nitrogens is 4. The van der Waals surface area contributed by atoms with Crippen molar-refractivity contribution in [1.82, 2.24) is 25.3 Å². The molecule has 0 aromatic carbocycles. The largest absolute Gasteiger partial charge is 0.348 e. The molecule has 0 spiro atoms. The first-order chi connectivity index (χ1) is 12.7. The molecule has 1 saturated heterocycles. The SMILES string of the molecule is NC1CCC(n2cc(C(=O)NCc3csc(N4CCCC4)n3)nn2)CC1. The van der Waals surface area contributed by atoms with Crippen molar-refractivity contribution in [2.45, 2.75) is 57.2 Å². The Balaban J connectivity index is 1.31. The van der Waals surface area contributed by atoms with E-state index >= 15 is 0 Å². The van der Waals surface area contributed by atoms with Crippen molar-refractivity contribution in [3.8, 4) is 0 Å². The van der Waals surface area contributed by atoms with Gasteiger partial charge in [-0.25, -0.2) is 9.67 Å². The summed E-state index contributed by atoms with van der Waals surface area (Å²) >= 11 is 1.64. The molecule has 1 aliphatic carbocycles. The maximum Gasteiger partial charge on any atom is 0.273 e. The van der Waals surface area contributed by atoms with Crippen LogP contribution in [-0.2, 0) is 6.54 Å². The minimum Gasteiger partial charge on any atom is -0.348 e. The topological polar surface area (TPSA) is 102 Å². The van der Waals surface area contributed by atoms with Crippen LogP contribution in [0.3, 0.4) is 0 Å². The van der Waals surface area contributed by atoms with Gasteiger partial charge in [-0.3, -0.25) is 4.79 Å². The van der Waals surface area contributed by atoms with Gasteiger partial charge in [0.2, 0.25) is 0 Å². The van der Waals surface area contributed by atoms with Gasteiger partial charge in [0.15, 0.2) is 10.8 Å². The van der Waals surface area contributed by atoms with Gasteiger partial charge in [-0.15, -0.1) is 16.4 Å². The summed E-state index contributed by atoms with van der Waals surface area (Å²) in [6, 6.07) is 0.589. The molecule has 1 saturated carbocycles. The van der Waals surface area contributed by atoms with Crippen LogP contribution in [0.1, 0.15) is 60.7 Å². The van der Waals surface area contributed by atoms with E-state index < -0.39 is 0 Å². The smallest absolute Gasteiger partial charge is 0.273 e. The molecule has 2 aromatic rings. The summed E-state index contributed by atoms with van der Waals surface area (Å²) < 4.78 is 1.81. The molecule has 1 amide bonds. The first-order valence-corrected chi connectivity index (χ1v) is 10.2. The number of thiazole rings is 1. The highest BCUT2D eigenvalue weighted by Crippen LogP contribution is 2.27. The number of rotatable bonds is 5. The van der Waals surface area contributed by atoms with E-state index in [1.165, 1.54) is 12.8 Å². The monoisotopic (exact) mass is 375 g/mol. The second kappa shape index (κ2) is 7.71. The Morgan fingerprint density at radius 1 is 1.27 bits per heavy atom. The van der Waals surface area contributed by atoms with Crippen molar-refractivity contribution in [2.75, 3.05) is 18.0 Å². The number of amides is 1. The molecule has 26 heavy (non-hydrogen) atoms. The Labute approximate surface area is 156 Å². The van der Waals surface area contributed by atoms with Gasteiger partial charge in [-0.1, -0.05) is 5.21 Å². The van der Waals surface area contributed by atoms with Crippen molar-refractivity contribution < 1.29 is 4.79 Å². The molecule has 4 rings (SSSR count). The van der Waals surface area contributed by atoms with Crippen LogP contribution in [0.15, 0.2) is 11.6 Å². The van der Waals surface area contributed by atoms with Crippen LogP contribution >= 0.6 is 11.3 Å². The third-order valence-corrected chi connectivity index (χ3v) is 6.15. The summed E-state index contributed by atoms with van der Waals surface area (Å²) in [5.74, 6) is -0.209. The quantitative estimate of drug-likeness (QED) is 0.825. The van der Waals surface area contributed by atoms with Gasteiger partial charge < -0.3 is 16.0 Å². The van der Waals surface area contributed by atoms with Gasteiger partial charge in [-0.2, -0.15) is 0 Å². The highest BCUT2D eigenvalue weighted by molar-refractivity contribution is 7.13. The summed E-state index contributed by atoms with van der Waals surface area (Å²) in [6.45, 7) is 2.57. The Morgan fingerprint density at radius 3 is 2.81 bits per heavy atom. The number of hydrogen-bond acceptors (Lipinski definition) is 7. The lowest BCUT2D eigenvalue weighted by Gasteiger charge is -2.25. The van der Waals surface area contributed by atoms with Gasteiger partial charge in [0.05, 0.1) is 24.5 Å². The minimum atomic E-state index is -0.209. The average molecular weight is 376 g/mol. The molecule has 0 unspecified atom stereocenters. The van der Waals surface area contributed by atoms with Crippen LogP contribution in [0.5, 0.6) is 0 Å². The number of nitrogens with one attached hydrogen (secondary N) is 1. The van der Waals surface area contributed by atoms with E-state index in [-0.39, 0.29) is 5.91 Å². The average Bonchev–Trinajstić information content (AvgIpc) is 3.41. The fourth-order valence-electron chi connectivity index (χ4n) is 3.62. The molecule has 1 aliphatic heterocycles. The normalized spacial score (nSPS) is 23.3. The van der Waals surface area contributed by atoms with Crippen LogP contribution < -0.4 is 16.0 Å². The molecule has 0 bridgehead atoms. The number of hydrogen-bond donors (Lipinski definition) is 2. The first kappa shape index (κ1) is 17.4. The van der Waals surface area contributed by atoms with E-state index in [0.29, 0.717) is 24.3 Å². The Hall–Kier alpha value is -2.00. The zero-order valence-corrected chi connectivity index (χ0v) is 15.6. The van der Waals surface area contributed by atoms with Crippen LogP contribution in [0.25, 0.3) is 0 Å². The van der Waals surface area contributed by atoms with E-state index in [4.69, 9.17) is 5.73 Å². The van der Waals surface area contributed by atoms with Gasteiger partial charge in [0.25, 0.3) is 5.91 Å². The molecule has 2 aromatic heterocycles. The van der Waals surface area contributed by atoms with Crippen molar-refractivity contribution in [3.63, 3.8) is 0 Å². The zero-order chi connectivity index (χ0) is 17.9. The highest BCUT2D eigenvalue weighted by Gasteiger charge is 2.22. The molecule has 9 heteroatoms. The minimum absolute atomic E-state index is 0.209. The third kappa shape index (κ3) is 3.88. The Morgan fingerprint density at radius 2 is 2.04 bits per heavy atom. The summed E-state index contributed by atoms with van der Waals surface area (Å²) in [5.41, 5.74) is 7.19. The van der Waals surface area contributed by atoms with Gasteiger partial charge in [-0.05, 0) is 38.5 Å². The molecular formula is C17H25N7OS. The van der Waals surface area contributed by atoms with Crippen LogP contribution in [-0.4, -0.2) is 45.0 Å². The number of carbonyl (C=O) groups is 1. The number of carbonyl (C=O) groups excluding carboxylic acids is 1. The first-order valence-electron chi connectivity index (χ1n) is 9.34. The molecule has 2 fully saturated rings. The number of nitrogens with zero attached hydrogens (tertiary/aromatic N) is 5. The number of nitrogens with two attached hydrogens (primary N) is 1. The maximum atomic E-state index is 12.3. The summed E-state index contributed by atoms with van der Waals surface area (Å²) in [4.78, 5) is 19.3. The fourth-order valence-corrected chi connectivity index (χ4v) is 4.50. The van der Waals surface area contributed by atoms with Gasteiger partial charge in [0, 0.05) is 24.5 Å². The second-order valence-electron chi connectivity index (χ2n) is 7.15. The molecule has 8 nitrogen and oxygen atoms in total. The van der Waals surface area contributed by atoms with Crippen molar-refractivity contribution >= 4 is 22.4 Å². The van der Waals surface area contributed by atoms with Crippen LogP contribution in [0.2, 0.25) is 0 Å². The van der Waals surface area contributed by atoms with Gasteiger partial charge >= 0.3 is 0 Å². The Bertz CT molecular complexity index is 744. The van der Waals surface area contributed by atoms with E-state index in [1.807, 2.05) is 10.1 Å². The standard InChI is InChI=1S/C17H25N7OS/c18-12-3-5-14(6-4-12)24-10-15(21-22-24)16(25)19-9-13-11-26-17(20-13)23-7-1-2-8-23/h10-12,14H,1-9,18H2,(H,19,25). The van der Waals surface area contributed by atoms with Gasteiger partial charge in [0.1, 0.15) is 0 Å². The van der Waals surface area contributed by atoms with E-state index in [0.717, 1.165) is 49.6 Å². The predicted octanol–water partition coefficient (Wildman–Crippen LogP) is 1.71. The molecule has 0 radical (unpaired) electrons. The van der Waals surface area contributed by atoms with E-state index in [2.05, 4.69) is 25.5 Å². The van der Waals surface area contributed by atoms with E-state index in [9.17, 15) is 4.79 Å². The number of anilines is 1. The summed E-state index contributed by atoms with van der Waals surface area (Å²) in [7, 11) is 0. The van der Waals surface area contributed by atoms with Crippen LogP contribution in [0, 0.1) is 0 Å². The summed E-state index contributed by atoms with van der Waals surface area (Å²) in [6.07, 6.45) is 8.17.